The van der Waals surface area contributed by atoms with Gasteiger partial charge in [0.25, 0.3) is 5.91 Å². The zero-order valence-electron chi connectivity index (χ0n) is 17.8. The van der Waals surface area contributed by atoms with Crippen molar-refractivity contribution in [3.8, 4) is 17.1 Å². The maximum atomic E-state index is 12.8. The van der Waals surface area contributed by atoms with Crippen molar-refractivity contribution in [1.82, 2.24) is 19.9 Å². The Labute approximate surface area is 190 Å². The number of anilines is 1. The molecule has 1 fully saturated rings. The standard InChI is InChI=1S/C24H22ClN5O2/c1-14-6-11-21(20(25)12-14)26-23(31)19-13-30(28-15(19)2)18-9-7-16(8-10-18)22-27-24(32-29-22)17-4-3-5-17/h6-13,17H,3-5H2,1-2H3,(H,26,31). The molecule has 2 aromatic carbocycles. The SMILES string of the molecule is Cc1ccc(NC(=O)c2cn(-c3ccc(-c4noc(C5CCC5)n4)cc3)nc2C)c(Cl)c1. The predicted molar refractivity (Wildman–Crippen MR) is 122 cm³/mol. The van der Waals surface area contributed by atoms with Crippen molar-refractivity contribution < 1.29 is 9.32 Å². The molecule has 7 nitrogen and oxygen atoms in total. The first-order valence-electron chi connectivity index (χ1n) is 10.6. The van der Waals surface area contributed by atoms with Gasteiger partial charge in [-0.25, -0.2) is 4.68 Å². The van der Waals surface area contributed by atoms with Crippen molar-refractivity contribution in [2.75, 3.05) is 5.32 Å². The minimum atomic E-state index is -0.258. The smallest absolute Gasteiger partial charge is 0.259 e. The quantitative estimate of drug-likeness (QED) is 0.423. The summed E-state index contributed by atoms with van der Waals surface area (Å²) in [7, 11) is 0. The van der Waals surface area contributed by atoms with Crippen molar-refractivity contribution in [1.29, 1.82) is 0 Å². The lowest BCUT2D eigenvalue weighted by molar-refractivity contribution is 0.102. The number of hydrogen-bond donors (Lipinski definition) is 1. The number of rotatable bonds is 5. The van der Waals surface area contributed by atoms with Gasteiger partial charge >= 0.3 is 0 Å². The van der Waals surface area contributed by atoms with Crippen LogP contribution in [0.3, 0.4) is 0 Å². The summed E-state index contributed by atoms with van der Waals surface area (Å²) in [4.78, 5) is 17.3. The Morgan fingerprint density at radius 1 is 1.16 bits per heavy atom. The Kier molecular flexibility index (Phi) is 5.27. The van der Waals surface area contributed by atoms with Crippen LogP contribution in [0.15, 0.2) is 53.2 Å². The van der Waals surface area contributed by atoms with Gasteiger partial charge in [-0.2, -0.15) is 10.1 Å². The summed E-state index contributed by atoms with van der Waals surface area (Å²) in [5.41, 5.74) is 4.40. The number of nitrogens with zero attached hydrogens (tertiary/aromatic N) is 4. The number of aryl methyl sites for hydroxylation is 2. The summed E-state index contributed by atoms with van der Waals surface area (Å²) < 4.78 is 7.10. The van der Waals surface area contributed by atoms with E-state index in [9.17, 15) is 4.79 Å². The fraction of sp³-hybridized carbons (Fsp3) is 0.250. The van der Waals surface area contributed by atoms with Crippen molar-refractivity contribution in [3.05, 3.63) is 76.4 Å². The third-order valence-corrected chi connectivity index (χ3v) is 6.12. The van der Waals surface area contributed by atoms with Crippen LogP contribution in [-0.2, 0) is 0 Å². The Morgan fingerprint density at radius 3 is 2.62 bits per heavy atom. The summed E-state index contributed by atoms with van der Waals surface area (Å²) in [6, 6.07) is 13.2. The van der Waals surface area contributed by atoms with Crippen LogP contribution in [0.1, 0.15) is 52.7 Å². The molecule has 1 saturated carbocycles. The van der Waals surface area contributed by atoms with Crippen LogP contribution in [0.2, 0.25) is 5.02 Å². The first-order valence-corrected chi connectivity index (χ1v) is 10.9. The lowest BCUT2D eigenvalue weighted by atomic mass is 9.85. The molecule has 5 rings (SSSR count). The third-order valence-electron chi connectivity index (χ3n) is 5.80. The van der Waals surface area contributed by atoms with Gasteiger partial charge in [0.1, 0.15) is 0 Å². The van der Waals surface area contributed by atoms with Gasteiger partial charge < -0.3 is 9.84 Å². The topological polar surface area (TPSA) is 85.8 Å². The molecule has 0 saturated heterocycles. The average molecular weight is 448 g/mol. The molecule has 2 aromatic heterocycles. The van der Waals surface area contributed by atoms with Gasteiger partial charge in [0.2, 0.25) is 11.7 Å². The highest BCUT2D eigenvalue weighted by atomic mass is 35.5. The Bertz CT molecular complexity index is 1290. The van der Waals surface area contributed by atoms with Crippen molar-refractivity contribution in [2.45, 2.75) is 39.0 Å². The summed E-state index contributed by atoms with van der Waals surface area (Å²) in [5, 5.41) is 12.0. The highest BCUT2D eigenvalue weighted by Gasteiger charge is 2.25. The first kappa shape index (κ1) is 20.5. The zero-order chi connectivity index (χ0) is 22.2. The van der Waals surface area contributed by atoms with E-state index in [0.717, 1.165) is 35.5 Å². The maximum Gasteiger partial charge on any atom is 0.259 e. The Morgan fingerprint density at radius 2 is 1.94 bits per heavy atom. The van der Waals surface area contributed by atoms with Gasteiger partial charge in [-0.15, -0.1) is 0 Å². The predicted octanol–water partition coefficient (Wildman–Crippen LogP) is 5.71. The molecule has 1 aliphatic rings. The molecule has 0 unspecified atom stereocenters. The van der Waals surface area contributed by atoms with Crippen LogP contribution in [0, 0.1) is 13.8 Å². The number of hydrogen-bond acceptors (Lipinski definition) is 5. The van der Waals surface area contributed by atoms with Gasteiger partial charge in [0, 0.05) is 17.7 Å². The molecular formula is C24H22ClN5O2. The fourth-order valence-corrected chi connectivity index (χ4v) is 3.95. The Balaban J connectivity index is 1.33. The number of carbonyl (C=O) groups is 1. The van der Waals surface area contributed by atoms with Gasteiger partial charge in [-0.3, -0.25) is 4.79 Å². The zero-order valence-corrected chi connectivity index (χ0v) is 18.6. The lowest BCUT2D eigenvalue weighted by Gasteiger charge is -2.20. The van der Waals surface area contributed by atoms with E-state index in [2.05, 4.69) is 20.6 Å². The van der Waals surface area contributed by atoms with E-state index in [1.165, 1.54) is 6.42 Å². The van der Waals surface area contributed by atoms with Crippen LogP contribution in [0.4, 0.5) is 5.69 Å². The molecule has 32 heavy (non-hydrogen) atoms. The molecular weight excluding hydrogens is 426 g/mol. The van der Waals surface area contributed by atoms with Crippen LogP contribution in [0.5, 0.6) is 0 Å². The molecule has 0 aliphatic heterocycles. The number of carbonyl (C=O) groups excluding carboxylic acids is 1. The Hall–Kier alpha value is -3.45. The van der Waals surface area contributed by atoms with E-state index in [0.29, 0.717) is 33.7 Å². The number of amides is 1. The van der Waals surface area contributed by atoms with E-state index in [1.807, 2.05) is 43.3 Å². The minimum Gasteiger partial charge on any atom is -0.339 e. The van der Waals surface area contributed by atoms with E-state index >= 15 is 0 Å². The van der Waals surface area contributed by atoms with E-state index in [-0.39, 0.29) is 5.91 Å². The fourth-order valence-electron chi connectivity index (χ4n) is 3.66. The largest absolute Gasteiger partial charge is 0.339 e. The summed E-state index contributed by atoms with van der Waals surface area (Å²) >= 11 is 6.25. The third kappa shape index (κ3) is 3.91. The maximum absolute atomic E-state index is 12.8. The highest BCUT2D eigenvalue weighted by Crippen LogP contribution is 2.36. The average Bonchev–Trinajstić information content (AvgIpc) is 3.36. The van der Waals surface area contributed by atoms with Crippen LogP contribution in [0.25, 0.3) is 17.1 Å². The van der Waals surface area contributed by atoms with E-state index in [4.69, 9.17) is 16.1 Å². The number of benzene rings is 2. The van der Waals surface area contributed by atoms with Crippen molar-refractivity contribution >= 4 is 23.2 Å². The minimum absolute atomic E-state index is 0.258. The van der Waals surface area contributed by atoms with Crippen LogP contribution < -0.4 is 5.32 Å². The van der Waals surface area contributed by atoms with Crippen molar-refractivity contribution in [2.24, 2.45) is 0 Å². The normalized spacial score (nSPS) is 13.7. The van der Waals surface area contributed by atoms with E-state index in [1.54, 1.807) is 23.9 Å². The molecule has 0 radical (unpaired) electrons. The highest BCUT2D eigenvalue weighted by molar-refractivity contribution is 6.34. The summed E-state index contributed by atoms with van der Waals surface area (Å²) in [5.74, 6) is 1.46. The van der Waals surface area contributed by atoms with Gasteiger partial charge in [0.15, 0.2) is 0 Å². The number of nitrogens with one attached hydrogen (secondary N) is 1. The molecule has 0 spiro atoms. The van der Waals surface area contributed by atoms with Crippen LogP contribution >= 0.6 is 11.6 Å². The monoisotopic (exact) mass is 447 g/mol. The molecule has 1 aliphatic carbocycles. The number of aromatic nitrogens is 4. The summed E-state index contributed by atoms with van der Waals surface area (Å²) in [6.45, 7) is 3.75. The van der Waals surface area contributed by atoms with Gasteiger partial charge in [-0.05, 0) is 68.7 Å². The second-order valence-corrected chi connectivity index (χ2v) is 8.55. The molecule has 1 amide bonds. The lowest BCUT2D eigenvalue weighted by Crippen LogP contribution is -2.12. The first-order chi connectivity index (χ1) is 15.5. The molecule has 0 bridgehead atoms. The van der Waals surface area contributed by atoms with Gasteiger partial charge in [-0.1, -0.05) is 29.2 Å². The summed E-state index contributed by atoms with van der Waals surface area (Å²) in [6.07, 6.45) is 5.17. The second-order valence-electron chi connectivity index (χ2n) is 8.14. The molecule has 162 valence electrons. The molecule has 8 heteroatoms. The molecule has 0 atom stereocenters. The molecule has 1 N–H and O–H groups in total. The van der Waals surface area contributed by atoms with E-state index < -0.39 is 0 Å². The van der Waals surface area contributed by atoms with Crippen LogP contribution in [-0.4, -0.2) is 25.8 Å². The number of halogens is 1. The van der Waals surface area contributed by atoms with Crippen molar-refractivity contribution in [3.63, 3.8) is 0 Å². The molecule has 2 heterocycles. The van der Waals surface area contributed by atoms with Gasteiger partial charge in [0.05, 0.1) is 27.7 Å². The second kappa shape index (κ2) is 8.24. The molecule has 4 aromatic rings.